The quantitative estimate of drug-likeness (QED) is 0.679. The first-order chi connectivity index (χ1) is 13.8. The van der Waals surface area contributed by atoms with Crippen LogP contribution in [0.5, 0.6) is 11.5 Å². The molecule has 9 heteroatoms. The number of aromatic nitrogens is 1. The summed E-state index contributed by atoms with van der Waals surface area (Å²) >= 11 is 0. The Morgan fingerprint density at radius 2 is 1.90 bits per heavy atom. The summed E-state index contributed by atoms with van der Waals surface area (Å²) in [6.07, 6.45) is 3.32. The van der Waals surface area contributed by atoms with Crippen LogP contribution in [0, 0.1) is 0 Å². The fourth-order valence-electron chi connectivity index (χ4n) is 3.62. The summed E-state index contributed by atoms with van der Waals surface area (Å²) in [5.41, 5.74) is 0.783. The van der Waals surface area contributed by atoms with E-state index in [0.717, 1.165) is 35.0 Å². The van der Waals surface area contributed by atoms with Gasteiger partial charge in [-0.2, -0.15) is 0 Å². The lowest BCUT2D eigenvalue weighted by Crippen LogP contribution is -2.33. The van der Waals surface area contributed by atoms with E-state index in [1.807, 2.05) is 18.2 Å². The van der Waals surface area contributed by atoms with Gasteiger partial charge in [0.05, 0.1) is 25.8 Å². The van der Waals surface area contributed by atoms with Crippen LogP contribution in [-0.4, -0.2) is 57.0 Å². The van der Waals surface area contributed by atoms with Gasteiger partial charge in [0.15, 0.2) is 0 Å². The van der Waals surface area contributed by atoms with E-state index in [1.54, 1.807) is 14.2 Å². The molecule has 8 nitrogen and oxygen atoms in total. The molecular weight excluding hydrogens is 394 g/mol. The number of benzene rings is 1. The van der Waals surface area contributed by atoms with Gasteiger partial charge in [0.25, 0.3) is 5.56 Å². The van der Waals surface area contributed by atoms with Gasteiger partial charge in [0.1, 0.15) is 11.5 Å². The first-order valence-corrected chi connectivity index (χ1v) is 10.8. The molecule has 0 N–H and O–H groups in total. The summed E-state index contributed by atoms with van der Waals surface area (Å²) in [5.74, 6) is 1.45. The molecular formula is C20H27N3O5S. The van der Waals surface area contributed by atoms with Crippen molar-refractivity contribution in [3.63, 3.8) is 0 Å². The van der Waals surface area contributed by atoms with Crippen molar-refractivity contribution in [2.45, 2.75) is 30.4 Å². The third-order valence-corrected chi connectivity index (χ3v) is 7.03. The molecule has 0 unspecified atom stereocenters. The lowest BCUT2D eigenvalue weighted by molar-refractivity contribution is 0.195. The van der Waals surface area contributed by atoms with Crippen molar-refractivity contribution in [2.75, 3.05) is 34.9 Å². The normalized spacial score (nSPS) is 17.6. The van der Waals surface area contributed by atoms with E-state index in [-0.39, 0.29) is 16.5 Å². The minimum absolute atomic E-state index is 0.0665. The van der Waals surface area contributed by atoms with Crippen LogP contribution in [0.2, 0.25) is 0 Å². The molecule has 0 bridgehead atoms. The Labute approximate surface area is 171 Å². The molecule has 1 aromatic carbocycles. The number of methoxy groups -OCH3 is 2. The molecule has 0 saturated carbocycles. The van der Waals surface area contributed by atoms with E-state index in [0.29, 0.717) is 12.4 Å². The lowest BCUT2D eigenvalue weighted by Gasteiger charge is -2.27. The van der Waals surface area contributed by atoms with E-state index < -0.39 is 10.0 Å². The highest BCUT2D eigenvalue weighted by Crippen LogP contribution is 2.38. The number of hydrogen-bond donors (Lipinski definition) is 0. The first-order valence-electron chi connectivity index (χ1n) is 9.37. The molecule has 1 aromatic heterocycles. The van der Waals surface area contributed by atoms with E-state index in [4.69, 9.17) is 9.47 Å². The number of nitrogens with zero attached hydrogens (tertiary/aromatic N) is 3. The Morgan fingerprint density at radius 3 is 2.55 bits per heavy atom. The minimum atomic E-state index is -3.61. The summed E-state index contributed by atoms with van der Waals surface area (Å²) in [4.78, 5) is 14.7. The third-order valence-electron chi connectivity index (χ3n) is 5.23. The summed E-state index contributed by atoms with van der Waals surface area (Å²) in [6, 6.07) is 8.44. The average Bonchev–Trinajstić information content (AvgIpc) is 3.16. The maximum atomic E-state index is 12.4. The van der Waals surface area contributed by atoms with Crippen LogP contribution in [0.15, 0.2) is 46.2 Å². The Balaban J connectivity index is 1.92. The van der Waals surface area contributed by atoms with Crippen molar-refractivity contribution in [3.05, 3.63) is 52.4 Å². The molecule has 0 radical (unpaired) electrons. The van der Waals surface area contributed by atoms with Crippen molar-refractivity contribution in [3.8, 4) is 11.5 Å². The number of likely N-dealkylation sites (tertiary alicyclic amines) is 1. The third kappa shape index (κ3) is 4.31. The standard InChI is InChI=1S/C20H27N3O5S/c1-21(2)29(25,26)16-8-10-20(24)23(13-16)14-22-11-5-6-18(22)17-9-7-15(27-3)12-19(17)28-4/h7-10,12-13,18H,5-6,11,14H2,1-4H3/t18-/m0/s1. The van der Waals surface area contributed by atoms with Gasteiger partial charge >= 0.3 is 0 Å². The fraction of sp³-hybridized carbons (Fsp3) is 0.450. The van der Waals surface area contributed by atoms with Crippen LogP contribution in [0.4, 0.5) is 0 Å². The van der Waals surface area contributed by atoms with Crippen molar-refractivity contribution in [1.82, 2.24) is 13.8 Å². The molecule has 2 heterocycles. The van der Waals surface area contributed by atoms with Crippen molar-refractivity contribution in [2.24, 2.45) is 0 Å². The Kier molecular flexibility index (Phi) is 6.30. The summed E-state index contributed by atoms with van der Waals surface area (Å²) < 4.78 is 38.3. The second-order valence-electron chi connectivity index (χ2n) is 7.18. The van der Waals surface area contributed by atoms with Gasteiger partial charge in [0, 0.05) is 50.6 Å². The molecule has 0 aliphatic carbocycles. The highest BCUT2D eigenvalue weighted by Gasteiger charge is 2.29. The smallest absolute Gasteiger partial charge is 0.251 e. The number of ether oxygens (including phenoxy) is 2. The van der Waals surface area contributed by atoms with Crippen molar-refractivity contribution in [1.29, 1.82) is 0 Å². The molecule has 3 rings (SSSR count). The number of rotatable bonds is 7. The average molecular weight is 422 g/mol. The minimum Gasteiger partial charge on any atom is -0.497 e. The highest BCUT2D eigenvalue weighted by molar-refractivity contribution is 7.89. The zero-order valence-electron chi connectivity index (χ0n) is 17.2. The SMILES string of the molecule is COc1ccc([C@@H]2CCCN2Cn2cc(S(=O)(=O)N(C)C)ccc2=O)c(OC)c1. The van der Waals surface area contributed by atoms with Crippen LogP contribution in [-0.2, 0) is 16.7 Å². The monoisotopic (exact) mass is 421 g/mol. The summed E-state index contributed by atoms with van der Waals surface area (Å²) in [7, 11) is 2.56. The zero-order valence-corrected chi connectivity index (χ0v) is 18.0. The van der Waals surface area contributed by atoms with Gasteiger partial charge in [-0.1, -0.05) is 6.07 Å². The maximum Gasteiger partial charge on any atom is 0.251 e. The van der Waals surface area contributed by atoms with E-state index >= 15 is 0 Å². The predicted molar refractivity (Wildman–Crippen MR) is 110 cm³/mol. The molecule has 1 fully saturated rings. The van der Waals surface area contributed by atoms with Gasteiger partial charge in [-0.05, 0) is 25.0 Å². The molecule has 158 valence electrons. The zero-order chi connectivity index (χ0) is 21.2. The number of sulfonamides is 1. The summed E-state index contributed by atoms with van der Waals surface area (Å²) in [5, 5.41) is 0. The van der Waals surface area contributed by atoms with E-state index in [9.17, 15) is 13.2 Å². The van der Waals surface area contributed by atoms with Crippen molar-refractivity contribution < 1.29 is 17.9 Å². The largest absolute Gasteiger partial charge is 0.497 e. The van der Waals surface area contributed by atoms with E-state index in [2.05, 4.69) is 4.90 Å². The Bertz CT molecular complexity index is 1030. The second kappa shape index (κ2) is 8.56. The van der Waals surface area contributed by atoms with Crippen LogP contribution >= 0.6 is 0 Å². The molecule has 1 saturated heterocycles. The molecule has 1 aliphatic heterocycles. The molecule has 1 atom stereocenters. The van der Waals surface area contributed by atoms with Gasteiger partial charge in [0.2, 0.25) is 10.0 Å². The van der Waals surface area contributed by atoms with Gasteiger partial charge in [-0.3, -0.25) is 9.69 Å². The predicted octanol–water partition coefficient (Wildman–Crippen LogP) is 1.91. The van der Waals surface area contributed by atoms with Crippen LogP contribution < -0.4 is 15.0 Å². The highest BCUT2D eigenvalue weighted by atomic mass is 32.2. The van der Waals surface area contributed by atoms with Crippen molar-refractivity contribution >= 4 is 10.0 Å². The molecule has 2 aromatic rings. The second-order valence-corrected chi connectivity index (χ2v) is 9.33. The van der Waals surface area contributed by atoms with Gasteiger partial charge in [-0.15, -0.1) is 0 Å². The van der Waals surface area contributed by atoms with Crippen LogP contribution in [0.3, 0.4) is 0 Å². The maximum absolute atomic E-state index is 12.4. The molecule has 1 aliphatic rings. The van der Waals surface area contributed by atoms with Crippen LogP contribution in [0.25, 0.3) is 0 Å². The van der Waals surface area contributed by atoms with Gasteiger partial charge < -0.3 is 14.0 Å². The molecule has 29 heavy (non-hydrogen) atoms. The number of pyridine rings is 1. The topological polar surface area (TPSA) is 81.1 Å². The fourth-order valence-corrected chi connectivity index (χ4v) is 4.54. The van der Waals surface area contributed by atoms with Gasteiger partial charge in [-0.25, -0.2) is 12.7 Å². The molecule has 0 amide bonds. The Morgan fingerprint density at radius 1 is 1.14 bits per heavy atom. The number of hydrogen-bond acceptors (Lipinski definition) is 6. The lowest BCUT2D eigenvalue weighted by atomic mass is 10.0. The Hall–Kier alpha value is -2.36. The summed E-state index contributed by atoms with van der Waals surface area (Å²) in [6.45, 7) is 1.10. The first kappa shape index (κ1) is 21.4. The van der Waals surface area contributed by atoms with E-state index in [1.165, 1.54) is 37.0 Å². The molecule has 0 spiro atoms. The van der Waals surface area contributed by atoms with Crippen LogP contribution in [0.1, 0.15) is 24.4 Å².